The number of hydrogen-bond acceptors (Lipinski definition) is 3. The Kier molecular flexibility index (Phi) is 5.71. The Hall–Kier alpha value is -1.49. The number of hydrogen-bond donors (Lipinski definition) is 0. The summed E-state index contributed by atoms with van der Waals surface area (Å²) in [5.74, 6) is -0.759. The minimum atomic E-state index is -0.728. The normalized spacial score (nSPS) is 10.7. The molecular weight excluding hydrogens is 235 g/mol. The van der Waals surface area contributed by atoms with Crippen LogP contribution in [0.25, 0.3) is 0 Å². The Morgan fingerprint density at radius 3 is 2.83 bits per heavy atom. The van der Waals surface area contributed by atoms with Gasteiger partial charge in [-0.1, -0.05) is 13.8 Å². The van der Waals surface area contributed by atoms with E-state index in [0.717, 1.165) is 0 Å². The van der Waals surface area contributed by atoms with Gasteiger partial charge in [0.15, 0.2) is 0 Å². The number of methoxy groups -OCH3 is 1. The van der Waals surface area contributed by atoms with E-state index in [1.165, 1.54) is 12.3 Å². The molecule has 0 aromatic carbocycles. The molecule has 0 atom stereocenters. The molecule has 1 amide bonds. The van der Waals surface area contributed by atoms with Crippen LogP contribution in [0.15, 0.2) is 18.3 Å². The van der Waals surface area contributed by atoms with Crippen LogP contribution in [0.1, 0.15) is 24.2 Å². The van der Waals surface area contributed by atoms with Gasteiger partial charge in [-0.05, 0) is 18.1 Å². The summed E-state index contributed by atoms with van der Waals surface area (Å²) in [6, 6.07) is 3.00. The van der Waals surface area contributed by atoms with Crippen molar-refractivity contribution in [1.29, 1.82) is 0 Å². The second kappa shape index (κ2) is 7.06. The van der Waals surface area contributed by atoms with E-state index in [1.807, 2.05) is 13.8 Å². The molecule has 0 bridgehead atoms. The van der Waals surface area contributed by atoms with E-state index in [-0.39, 0.29) is 11.5 Å². The molecule has 1 aromatic rings. The molecule has 0 radical (unpaired) electrons. The van der Waals surface area contributed by atoms with E-state index in [2.05, 4.69) is 4.98 Å². The number of carbonyl (C=O) groups excluding carboxylic acids is 1. The summed E-state index contributed by atoms with van der Waals surface area (Å²) in [6.45, 7) is 5.46. The van der Waals surface area contributed by atoms with E-state index in [4.69, 9.17) is 4.74 Å². The Labute approximate surface area is 107 Å². The van der Waals surface area contributed by atoms with Crippen molar-refractivity contribution in [3.05, 3.63) is 29.8 Å². The largest absolute Gasteiger partial charge is 0.383 e. The van der Waals surface area contributed by atoms with Gasteiger partial charge in [0.2, 0.25) is 5.95 Å². The maximum Gasteiger partial charge on any atom is 0.258 e. The lowest BCUT2D eigenvalue weighted by Crippen LogP contribution is -2.37. The smallest absolute Gasteiger partial charge is 0.258 e. The summed E-state index contributed by atoms with van der Waals surface area (Å²) in [6.07, 6.45) is 1.33. The summed E-state index contributed by atoms with van der Waals surface area (Å²) in [5, 5.41) is 0. The monoisotopic (exact) mass is 254 g/mol. The third-order valence-corrected chi connectivity index (χ3v) is 2.43. The fourth-order valence-electron chi connectivity index (χ4n) is 1.63. The Morgan fingerprint density at radius 2 is 2.28 bits per heavy atom. The van der Waals surface area contributed by atoms with Crippen molar-refractivity contribution < 1.29 is 13.9 Å². The molecule has 0 aliphatic carbocycles. The summed E-state index contributed by atoms with van der Waals surface area (Å²) >= 11 is 0. The quantitative estimate of drug-likeness (QED) is 0.729. The predicted molar refractivity (Wildman–Crippen MR) is 66.8 cm³/mol. The van der Waals surface area contributed by atoms with Crippen LogP contribution in [-0.4, -0.2) is 42.6 Å². The van der Waals surface area contributed by atoms with Crippen molar-refractivity contribution in [1.82, 2.24) is 9.88 Å². The third kappa shape index (κ3) is 4.07. The average molecular weight is 254 g/mol. The number of aromatic nitrogens is 1. The van der Waals surface area contributed by atoms with Gasteiger partial charge in [-0.2, -0.15) is 4.39 Å². The Morgan fingerprint density at radius 1 is 1.56 bits per heavy atom. The second-order valence-corrected chi connectivity index (χ2v) is 4.48. The highest BCUT2D eigenvalue weighted by Crippen LogP contribution is 2.09. The maximum atomic E-state index is 13.5. The van der Waals surface area contributed by atoms with Crippen LogP contribution in [0, 0.1) is 11.9 Å². The van der Waals surface area contributed by atoms with Gasteiger partial charge in [0.05, 0.1) is 12.2 Å². The van der Waals surface area contributed by atoms with Crippen molar-refractivity contribution in [2.24, 2.45) is 5.92 Å². The first-order chi connectivity index (χ1) is 8.56. The molecule has 5 heteroatoms. The van der Waals surface area contributed by atoms with Gasteiger partial charge in [-0.25, -0.2) is 4.98 Å². The first-order valence-electron chi connectivity index (χ1n) is 5.95. The zero-order chi connectivity index (χ0) is 13.5. The summed E-state index contributed by atoms with van der Waals surface area (Å²) in [4.78, 5) is 17.3. The van der Waals surface area contributed by atoms with Crippen LogP contribution in [0.2, 0.25) is 0 Å². The van der Waals surface area contributed by atoms with Gasteiger partial charge in [-0.15, -0.1) is 0 Å². The SMILES string of the molecule is COCCN(CC(C)C)C(=O)c1cccnc1F. The maximum absolute atomic E-state index is 13.5. The highest BCUT2D eigenvalue weighted by molar-refractivity contribution is 5.94. The number of amides is 1. The van der Waals surface area contributed by atoms with Gasteiger partial charge in [0.1, 0.15) is 0 Å². The van der Waals surface area contributed by atoms with Crippen molar-refractivity contribution >= 4 is 5.91 Å². The summed E-state index contributed by atoms with van der Waals surface area (Å²) < 4.78 is 18.4. The third-order valence-electron chi connectivity index (χ3n) is 2.43. The molecule has 4 nitrogen and oxygen atoms in total. The molecule has 100 valence electrons. The Bertz CT molecular complexity index is 396. The molecule has 0 fully saturated rings. The van der Waals surface area contributed by atoms with Gasteiger partial charge in [0, 0.05) is 26.4 Å². The van der Waals surface area contributed by atoms with Gasteiger partial charge < -0.3 is 9.64 Å². The number of halogens is 1. The second-order valence-electron chi connectivity index (χ2n) is 4.48. The Balaban J connectivity index is 2.84. The molecule has 0 saturated heterocycles. The minimum absolute atomic E-state index is 0.00857. The van der Waals surface area contributed by atoms with Crippen molar-refractivity contribution in [2.45, 2.75) is 13.8 Å². The minimum Gasteiger partial charge on any atom is -0.383 e. The first-order valence-corrected chi connectivity index (χ1v) is 5.95. The number of ether oxygens (including phenoxy) is 1. The molecule has 0 saturated carbocycles. The van der Waals surface area contributed by atoms with E-state index in [0.29, 0.717) is 25.6 Å². The van der Waals surface area contributed by atoms with Crippen LogP contribution < -0.4 is 0 Å². The molecule has 18 heavy (non-hydrogen) atoms. The highest BCUT2D eigenvalue weighted by Gasteiger charge is 2.20. The van der Waals surface area contributed by atoms with E-state index in [1.54, 1.807) is 18.1 Å². The molecule has 1 rings (SSSR count). The van der Waals surface area contributed by atoms with Gasteiger partial charge in [-0.3, -0.25) is 4.79 Å². The zero-order valence-corrected chi connectivity index (χ0v) is 11.0. The molecule has 0 N–H and O–H groups in total. The summed E-state index contributed by atoms with van der Waals surface area (Å²) in [5.41, 5.74) is 0.00857. The van der Waals surface area contributed by atoms with Crippen LogP contribution in [0.3, 0.4) is 0 Å². The van der Waals surface area contributed by atoms with Crippen LogP contribution in [0.4, 0.5) is 4.39 Å². The molecule has 0 spiro atoms. The zero-order valence-electron chi connectivity index (χ0n) is 11.0. The topological polar surface area (TPSA) is 42.4 Å². The van der Waals surface area contributed by atoms with Crippen molar-refractivity contribution in [2.75, 3.05) is 26.8 Å². The molecule has 1 aromatic heterocycles. The molecular formula is C13H19FN2O2. The lowest BCUT2D eigenvalue weighted by molar-refractivity contribution is 0.0666. The van der Waals surface area contributed by atoms with Crippen molar-refractivity contribution in [3.8, 4) is 0 Å². The van der Waals surface area contributed by atoms with Gasteiger partial charge in [0.25, 0.3) is 5.91 Å². The first kappa shape index (κ1) is 14.6. The summed E-state index contributed by atoms with van der Waals surface area (Å²) in [7, 11) is 1.57. The van der Waals surface area contributed by atoms with Crippen molar-refractivity contribution in [3.63, 3.8) is 0 Å². The number of carbonyl (C=O) groups is 1. The predicted octanol–water partition coefficient (Wildman–Crippen LogP) is 1.97. The number of nitrogens with zero attached hydrogens (tertiary/aromatic N) is 2. The fraction of sp³-hybridized carbons (Fsp3) is 0.538. The molecule has 0 unspecified atom stereocenters. The van der Waals surface area contributed by atoms with Gasteiger partial charge >= 0.3 is 0 Å². The molecule has 0 aliphatic heterocycles. The molecule has 1 heterocycles. The van der Waals surface area contributed by atoms with Crippen LogP contribution in [0.5, 0.6) is 0 Å². The highest BCUT2D eigenvalue weighted by atomic mass is 19.1. The van der Waals surface area contributed by atoms with E-state index in [9.17, 15) is 9.18 Å². The number of pyridine rings is 1. The molecule has 0 aliphatic rings. The fourth-order valence-corrected chi connectivity index (χ4v) is 1.63. The standard InChI is InChI=1S/C13H19FN2O2/c1-10(2)9-16(7-8-18-3)13(17)11-5-4-6-15-12(11)14/h4-6,10H,7-9H2,1-3H3. The van der Waals surface area contributed by atoms with E-state index >= 15 is 0 Å². The average Bonchev–Trinajstić information content (AvgIpc) is 2.34. The van der Waals surface area contributed by atoms with Crippen LogP contribution in [-0.2, 0) is 4.74 Å². The lowest BCUT2D eigenvalue weighted by atomic mass is 10.1. The van der Waals surface area contributed by atoms with E-state index < -0.39 is 5.95 Å². The number of rotatable bonds is 6. The lowest BCUT2D eigenvalue weighted by Gasteiger charge is -2.24. The van der Waals surface area contributed by atoms with Crippen LogP contribution >= 0.6 is 0 Å².